The van der Waals surface area contributed by atoms with Crippen molar-refractivity contribution in [2.45, 2.75) is 25.0 Å². The summed E-state index contributed by atoms with van der Waals surface area (Å²) in [6.07, 6.45) is 4.86. The summed E-state index contributed by atoms with van der Waals surface area (Å²) in [4.78, 5) is 32.3. The maximum Gasteiger partial charge on any atom is 0.252 e. The molecule has 1 saturated heterocycles. The molecule has 2 aromatic carbocycles. The van der Waals surface area contributed by atoms with E-state index in [1.54, 1.807) is 48.7 Å². The van der Waals surface area contributed by atoms with Crippen LogP contribution in [0.15, 0.2) is 79.1 Å². The van der Waals surface area contributed by atoms with Crippen LogP contribution in [0.25, 0.3) is 0 Å². The van der Waals surface area contributed by atoms with Crippen molar-refractivity contribution in [1.29, 1.82) is 0 Å². The van der Waals surface area contributed by atoms with E-state index >= 15 is 0 Å². The Hall–Kier alpha value is -3.87. The van der Waals surface area contributed by atoms with Gasteiger partial charge in [-0.25, -0.2) is 0 Å². The summed E-state index contributed by atoms with van der Waals surface area (Å²) in [6.45, 7) is 1.12. The molecule has 0 saturated carbocycles. The Morgan fingerprint density at radius 2 is 1.70 bits per heavy atom. The molecule has 2 heterocycles. The minimum absolute atomic E-state index is 0.0299. The third-order valence-corrected chi connectivity index (χ3v) is 5.70. The number of methoxy groups -OCH3 is 1. The lowest BCUT2D eigenvalue weighted by Crippen LogP contribution is -2.47. The maximum atomic E-state index is 13.5. The number of amides is 2. The van der Waals surface area contributed by atoms with Gasteiger partial charge in [-0.05, 0) is 42.0 Å². The first-order valence-electron chi connectivity index (χ1n) is 11.0. The SMILES string of the molecule is COc1ccc(C(=O)NC(C(=O)N2CCC(Oc3cccnc3)CC2)c2ccccc2)cc1. The molecular formula is C26H27N3O4. The van der Waals surface area contributed by atoms with E-state index in [0.29, 0.717) is 37.2 Å². The molecule has 0 spiro atoms. The largest absolute Gasteiger partial charge is 0.497 e. The van der Waals surface area contributed by atoms with Gasteiger partial charge in [0.05, 0.1) is 13.3 Å². The molecule has 1 aromatic heterocycles. The first-order chi connectivity index (χ1) is 16.1. The number of ether oxygens (including phenoxy) is 2. The predicted molar refractivity (Wildman–Crippen MR) is 124 cm³/mol. The minimum Gasteiger partial charge on any atom is -0.497 e. The highest BCUT2D eigenvalue weighted by Crippen LogP contribution is 2.23. The molecule has 7 heteroatoms. The average molecular weight is 446 g/mol. The zero-order chi connectivity index (χ0) is 23.0. The molecule has 0 radical (unpaired) electrons. The number of hydrogen-bond donors (Lipinski definition) is 1. The fourth-order valence-corrected chi connectivity index (χ4v) is 3.88. The van der Waals surface area contributed by atoms with Gasteiger partial charge in [0.25, 0.3) is 5.91 Å². The van der Waals surface area contributed by atoms with Gasteiger partial charge >= 0.3 is 0 Å². The van der Waals surface area contributed by atoms with Crippen molar-refractivity contribution in [3.05, 3.63) is 90.3 Å². The number of nitrogens with one attached hydrogen (secondary N) is 1. The standard InChI is InChI=1S/C26H27N3O4/c1-32-21-11-9-20(10-12-21)25(30)28-24(19-6-3-2-4-7-19)26(31)29-16-13-22(14-17-29)33-23-8-5-15-27-18-23/h2-12,15,18,22,24H,13-14,16-17H2,1H3,(H,28,30). The lowest BCUT2D eigenvalue weighted by molar-refractivity contribution is -0.135. The molecule has 1 aliphatic rings. The molecule has 1 N–H and O–H groups in total. The number of pyridine rings is 1. The molecule has 1 atom stereocenters. The Kier molecular flexibility index (Phi) is 7.19. The van der Waals surface area contributed by atoms with Crippen molar-refractivity contribution < 1.29 is 19.1 Å². The number of likely N-dealkylation sites (tertiary alicyclic amines) is 1. The molecule has 0 aliphatic carbocycles. The molecule has 2 amide bonds. The van der Waals surface area contributed by atoms with E-state index in [2.05, 4.69) is 10.3 Å². The van der Waals surface area contributed by atoms with Crippen molar-refractivity contribution in [3.8, 4) is 11.5 Å². The number of carbonyl (C=O) groups excluding carboxylic acids is 2. The zero-order valence-electron chi connectivity index (χ0n) is 18.5. The molecule has 1 unspecified atom stereocenters. The average Bonchev–Trinajstić information content (AvgIpc) is 2.88. The molecule has 1 fully saturated rings. The van der Waals surface area contributed by atoms with Gasteiger partial charge in [0.2, 0.25) is 5.91 Å². The number of rotatable bonds is 7. The van der Waals surface area contributed by atoms with Crippen LogP contribution in [0.3, 0.4) is 0 Å². The van der Waals surface area contributed by atoms with Crippen molar-refractivity contribution >= 4 is 11.8 Å². The summed E-state index contributed by atoms with van der Waals surface area (Å²) < 4.78 is 11.1. The molecular weight excluding hydrogens is 418 g/mol. The van der Waals surface area contributed by atoms with Gasteiger partial charge in [0.1, 0.15) is 23.6 Å². The number of carbonyl (C=O) groups is 2. The van der Waals surface area contributed by atoms with Gasteiger partial charge in [-0.1, -0.05) is 30.3 Å². The van der Waals surface area contributed by atoms with E-state index in [9.17, 15) is 9.59 Å². The van der Waals surface area contributed by atoms with E-state index in [0.717, 1.165) is 11.3 Å². The second kappa shape index (κ2) is 10.6. The molecule has 0 bridgehead atoms. The molecule has 4 rings (SSSR count). The van der Waals surface area contributed by atoms with Crippen molar-refractivity contribution in [3.63, 3.8) is 0 Å². The van der Waals surface area contributed by atoms with E-state index in [1.807, 2.05) is 42.5 Å². The van der Waals surface area contributed by atoms with Crippen LogP contribution < -0.4 is 14.8 Å². The van der Waals surface area contributed by atoms with Gasteiger partial charge in [0, 0.05) is 37.7 Å². The Labute approximate surface area is 193 Å². The zero-order valence-corrected chi connectivity index (χ0v) is 18.5. The molecule has 33 heavy (non-hydrogen) atoms. The number of nitrogens with zero attached hydrogens (tertiary/aromatic N) is 2. The fraction of sp³-hybridized carbons (Fsp3) is 0.269. The summed E-state index contributed by atoms with van der Waals surface area (Å²) in [7, 11) is 1.57. The summed E-state index contributed by atoms with van der Waals surface area (Å²) in [5.74, 6) is 0.965. The smallest absolute Gasteiger partial charge is 0.252 e. The van der Waals surface area contributed by atoms with Crippen LogP contribution >= 0.6 is 0 Å². The van der Waals surface area contributed by atoms with Crippen molar-refractivity contribution in [2.24, 2.45) is 0 Å². The van der Waals surface area contributed by atoms with E-state index in [4.69, 9.17) is 9.47 Å². The van der Waals surface area contributed by atoms with E-state index in [-0.39, 0.29) is 17.9 Å². The summed E-state index contributed by atoms with van der Waals surface area (Å²) in [6, 6.07) is 19.1. The molecule has 7 nitrogen and oxygen atoms in total. The summed E-state index contributed by atoms with van der Waals surface area (Å²) in [5.41, 5.74) is 1.21. The van der Waals surface area contributed by atoms with Crippen LogP contribution in [-0.4, -0.2) is 48.0 Å². The molecule has 1 aliphatic heterocycles. The lowest BCUT2D eigenvalue weighted by Gasteiger charge is -2.34. The van der Waals surface area contributed by atoms with Crippen molar-refractivity contribution in [1.82, 2.24) is 15.2 Å². The Morgan fingerprint density at radius 3 is 2.33 bits per heavy atom. The first-order valence-corrected chi connectivity index (χ1v) is 11.0. The maximum absolute atomic E-state index is 13.5. The Bertz CT molecular complexity index is 1050. The minimum atomic E-state index is -0.767. The molecule has 170 valence electrons. The van der Waals surface area contributed by atoms with Gasteiger partial charge < -0.3 is 19.7 Å². The van der Waals surface area contributed by atoms with Crippen LogP contribution in [0, 0.1) is 0 Å². The number of hydrogen-bond acceptors (Lipinski definition) is 5. The summed E-state index contributed by atoms with van der Waals surface area (Å²) in [5, 5.41) is 2.92. The highest BCUT2D eigenvalue weighted by molar-refractivity contribution is 5.98. The molecule has 3 aromatic rings. The van der Waals surface area contributed by atoms with Crippen LogP contribution in [0.5, 0.6) is 11.5 Å². The predicted octanol–water partition coefficient (Wildman–Crippen LogP) is 3.63. The first kappa shape index (κ1) is 22.3. The van der Waals surface area contributed by atoms with Crippen LogP contribution in [0.4, 0.5) is 0 Å². The third-order valence-electron chi connectivity index (χ3n) is 5.70. The Morgan fingerprint density at radius 1 is 0.970 bits per heavy atom. The summed E-state index contributed by atoms with van der Waals surface area (Å²) >= 11 is 0. The van der Waals surface area contributed by atoms with Crippen LogP contribution in [0.2, 0.25) is 0 Å². The number of benzene rings is 2. The van der Waals surface area contributed by atoms with Gasteiger partial charge in [0.15, 0.2) is 0 Å². The van der Waals surface area contributed by atoms with Crippen molar-refractivity contribution in [2.75, 3.05) is 20.2 Å². The van der Waals surface area contributed by atoms with Gasteiger partial charge in [-0.15, -0.1) is 0 Å². The number of aromatic nitrogens is 1. The fourth-order valence-electron chi connectivity index (χ4n) is 3.88. The monoisotopic (exact) mass is 445 g/mol. The van der Waals surface area contributed by atoms with Gasteiger partial charge in [-0.3, -0.25) is 14.6 Å². The lowest BCUT2D eigenvalue weighted by atomic mass is 10.0. The third kappa shape index (κ3) is 5.68. The Balaban J connectivity index is 1.43. The highest BCUT2D eigenvalue weighted by atomic mass is 16.5. The highest BCUT2D eigenvalue weighted by Gasteiger charge is 2.31. The van der Waals surface area contributed by atoms with Crippen LogP contribution in [-0.2, 0) is 4.79 Å². The van der Waals surface area contributed by atoms with Gasteiger partial charge in [-0.2, -0.15) is 0 Å². The quantitative estimate of drug-likeness (QED) is 0.601. The van der Waals surface area contributed by atoms with E-state index in [1.165, 1.54) is 0 Å². The number of piperidine rings is 1. The topological polar surface area (TPSA) is 80.8 Å². The van der Waals surface area contributed by atoms with E-state index < -0.39 is 6.04 Å². The second-order valence-electron chi connectivity index (χ2n) is 7.88. The normalized spacial score (nSPS) is 14.9. The van der Waals surface area contributed by atoms with Crippen LogP contribution in [0.1, 0.15) is 34.8 Å². The second-order valence-corrected chi connectivity index (χ2v) is 7.88.